The van der Waals surface area contributed by atoms with Crippen LogP contribution in [0.25, 0.3) is 0 Å². The summed E-state index contributed by atoms with van der Waals surface area (Å²) in [7, 11) is 0. The van der Waals surface area contributed by atoms with Crippen molar-refractivity contribution < 1.29 is 0 Å². The Balaban J connectivity index is 1.71. The first kappa shape index (κ1) is 14.3. The van der Waals surface area contributed by atoms with Gasteiger partial charge in [0, 0.05) is 16.2 Å². The van der Waals surface area contributed by atoms with Gasteiger partial charge in [0.15, 0.2) is 5.82 Å². The Morgan fingerprint density at radius 3 is 2.81 bits per heavy atom. The van der Waals surface area contributed by atoms with Crippen LogP contribution in [0.5, 0.6) is 0 Å². The molecule has 1 saturated carbocycles. The third kappa shape index (κ3) is 3.69. The first-order valence-corrected chi connectivity index (χ1v) is 7.99. The summed E-state index contributed by atoms with van der Waals surface area (Å²) in [6.07, 6.45) is 6.67. The highest BCUT2D eigenvalue weighted by molar-refractivity contribution is 9.10. The summed E-state index contributed by atoms with van der Waals surface area (Å²) in [5.41, 5.74) is 2.13. The first-order valence-electron chi connectivity index (χ1n) is 7.20. The Bertz CT molecular complexity index is 625. The number of anilines is 3. The molecule has 21 heavy (non-hydrogen) atoms. The molecule has 110 valence electrons. The summed E-state index contributed by atoms with van der Waals surface area (Å²) in [5.74, 6) is 1.29. The van der Waals surface area contributed by atoms with Gasteiger partial charge in [0.05, 0.1) is 6.20 Å². The smallest absolute Gasteiger partial charge is 0.249 e. The number of nitrogens with zero attached hydrogens (tertiary/aromatic N) is 3. The van der Waals surface area contributed by atoms with Gasteiger partial charge in [-0.15, -0.1) is 5.10 Å². The van der Waals surface area contributed by atoms with Crippen LogP contribution in [-0.2, 0) is 0 Å². The molecular weight excluding hydrogens is 330 g/mol. The normalized spacial score (nSPS) is 15.1. The van der Waals surface area contributed by atoms with Crippen LogP contribution in [0.4, 0.5) is 17.5 Å². The average molecular weight is 348 g/mol. The fraction of sp³-hybridized carbons (Fsp3) is 0.400. The largest absolute Gasteiger partial charge is 0.366 e. The van der Waals surface area contributed by atoms with Crippen LogP contribution in [0.2, 0.25) is 0 Å². The third-order valence-corrected chi connectivity index (χ3v) is 4.55. The second-order valence-corrected chi connectivity index (χ2v) is 6.23. The maximum atomic E-state index is 4.47. The molecule has 0 unspecified atom stereocenters. The van der Waals surface area contributed by atoms with Crippen molar-refractivity contribution in [3.05, 3.63) is 34.4 Å². The van der Waals surface area contributed by atoms with Crippen LogP contribution in [0.15, 0.2) is 28.9 Å². The van der Waals surface area contributed by atoms with Gasteiger partial charge in [0.2, 0.25) is 5.95 Å². The molecular formula is C15H18BrN5. The maximum absolute atomic E-state index is 4.47. The van der Waals surface area contributed by atoms with E-state index in [1.54, 1.807) is 6.20 Å². The Morgan fingerprint density at radius 1 is 1.24 bits per heavy atom. The second kappa shape index (κ2) is 6.39. The number of rotatable bonds is 4. The third-order valence-electron chi connectivity index (χ3n) is 3.69. The van der Waals surface area contributed by atoms with Gasteiger partial charge in [-0.05, 0) is 37.5 Å². The van der Waals surface area contributed by atoms with Gasteiger partial charge in [0.1, 0.15) is 0 Å². The molecule has 1 heterocycles. The predicted molar refractivity (Wildman–Crippen MR) is 87.9 cm³/mol. The van der Waals surface area contributed by atoms with Crippen LogP contribution in [0.1, 0.15) is 31.2 Å². The van der Waals surface area contributed by atoms with Gasteiger partial charge in [-0.25, -0.2) is 0 Å². The molecule has 6 heteroatoms. The van der Waals surface area contributed by atoms with E-state index in [9.17, 15) is 0 Å². The second-order valence-electron chi connectivity index (χ2n) is 5.38. The number of halogens is 1. The lowest BCUT2D eigenvalue weighted by Gasteiger charge is -2.12. The maximum Gasteiger partial charge on any atom is 0.249 e. The fourth-order valence-electron chi connectivity index (χ4n) is 2.51. The molecule has 1 aliphatic rings. The lowest BCUT2D eigenvalue weighted by Crippen LogP contribution is -2.16. The number of hydrogen-bond acceptors (Lipinski definition) is 5. The molecule has 0 atom stereocenters. The van der Waals surface area contributed by atoms with E-state index in [1.165, 1.54) is 31.2 Å². The summed E-state index contributed by atoms with van der Waals surface area (Å²) >= 11 is 3.52. The van der Waals surface area contributed by atoms with Gasteiger partial charge in [-0.1, -0.05) is 34.8 Å². The van der Waals surface area contributed by atoms with E-state index in [0.29, 0.717) is 12.0 Å². The van der Waals surface area contributed by atoms with Gasteiger partial charge in [-0.3, -0.25) is 0 Å². The summed E-state index contributed by atoms with van der Waals surface area (Å²) in [6.45, 7) is 2.05. The fourth-order valence-corrected chi connectivity index (χ4v) is 2.88. The number of hydrogen-bond donors (Lipinski definition) is 2. The lowest BCUT2D eigenvalue weighted by molar-refractivity contribution is 0.747. The molecule has 0 bridgehead atoms. The minimum atomic E-state index is 0.508. The average Bonchev–Trinajstić information content (AvgIpc) is 2.96. The zero-order chi connectivity index (χ0) is 14.7. The van der Waals surface area contributed by atoms with Gasteiger partial charge >= 0.3 is 0 Å². The molecule has 5 nitrogen and oxygen atoms in total. The monoisotopic (exact) mass is 347 g/mol. The molecule has 0 amide bonds. The molecule has 0 spiro atoms. The molecule has 3 rings (SSSR count). The van der Waals surface area contributed by atoms with Crippen LogP contribution in [0, 0.1) is 6.92 Å². The topological polar surface area (TPSA) is 62.7 Å². The summed E-state index contributed by atoms with van der Waals surface area (Å²) in [6, 6.07) is 6.57. The standard InChI is InChI=1S/C15H18BrN5/c1-10-6-7-12(8-13(10)16)19-15-20-14(9-17-21-15)18-11-4-2-3-5-11/h6-9,11H,2-5H2,1H3,(H2,18,19,20,21). The predicted octanol–water partition coefficient (Wildman–Crippen LogP) is 4.04. The molecule has 0 saturated heterocycles. The van der Waals surface area contributed by atoms with Crippen LogP contribution < -0.4 is 10.6 Å². The molecule has 1 aliphatic carbocycles. The number of nitrogens with one attached hydrogen (secondary N) is 2. The highest BCUT2D eigenvalue weighted by atomic mass is 79.9. The van der Waals surface area contributed by atoms with Crippen molar-refractivity contribution >= 4 is 33.4 Å². The van der Waals surface area contributed by atoms with Crippen LogP contribution in [0.3, 0.4) is 0 Å². The van der Waals surface area contributed by atoms with E-state index >= 15 is 0 Å². The van der Waals surface area contributed by atoms with Gasteiger partial charge in [0.25, 0.3) is 0 Å². The van der Waals surface area contributed by atoms with Crippen molar-refractivity contribution in [1.82, 2.24) is 15.2 Å². The summed E-state index contributed by atoms with van der Waals surface area (Å²) in [5, 5.41) is 14.7. The zero-order valence-electron chi connectivity index (χ0n) is 11.9. The Labute approximate surface area is 132 Å². The van der Waals surface area contributed by atoms with Crippen molar-refractivity contribution in [2.75, 3.05) is 10.6 Å². The quantitative estimate of drug-likeness (QED) is 0.873. The summed E-state index contributed by atoms with van der Waals surface area (Å²) in [4.78, 5) is 4.47. The van der Waals surface area contributed by atoms with E-state index in [-0.39, 0.29) is 0 Å². The molecule has 2 aromatic rings. The molecule has 2 N–H and O–H groups in total. The van der Waals surface area contributed by atoms with Crippen molar-refractivity contribution in [2.45, 2.75) is 38.6 Å². The molecule has 1 fully saturated rings. The molecule has 1 aromatic carbocycles. The van der Waals surface area contributed by atoms with Crippen molar-refractivity contribution in [3.8, 4) is 0 Å². The molecule has 0 radical (unpaired) electrons. The van der Waals surface area contributed by atoms with Crippen molar-refractivity contribution in [3.63, 3.8) is 0 Å². The first-order chi connectivity index (χ1) is 10.2. The van der Waals surface area contributed by atoms with Crippen molar-refractivity contribution in [1.29, 1.82) is 0 Å². The number of aryl methyl sites for hydroxylation is 1. The highest BCUT2D eigenvalue weighted by Gasteiger charge is 2.15. The van der Waals surface area contributed by atoms with Gasteiger partial charge in [-0.2, -0.15) is 10.1 Å². The Kier molecular flexibility index (Phi) is 4.34. The summed E-state index contributed by atoms with van der Waals surface area (Å²) < 4.78 is 1.06. The minimum Gasteiger partial charge on any atom is -0.366 e. The Hall–Kier alpha value is -1.69. The van der Waals surface area contributed by atoms with Crippen molar-refractivity contribution in [2.24, 2.45) is 0 Å². The van der Waals surface area contributed by atoms with Crippen LogP contribution >= 0.6 is 15.9 Å². The van der Waals surface area contributed by atoms with E-state index in [2.05, 4.69) is 48.7 Å². The Morgan fingerprint density at radius 2 is 2.05 bits per heavy atom. The zero-order valence-corrected chi connectivity index (χ0v) is 13.5. The minimum absolute atomic E-state index is 0.508. The van der Waals surface area contributed by atoms with E-state index in [0.717, 1.165) is 16.0 Å². The van der Waals surface area contributed by atoms with E-state index in [4.69, 9.17) is 0 Å². The lowest BCUT2D eigenvalue weighted by atomic mass is 10.2. The highest BCUT2D eigenvalue weighted by Crippen LogP contribution is 2.23. The van der Waals surface area contributed by atoms with E-state index < -0.39 is 0 Å². The van der Waals surface area contributed by atoms with Crippen LogP contribution in [-0.4, -0.2) is 21.2 Å². The molecule has 1 aromatic heterocycles. The SMILES string of the molecule is Cc1ccc(Nc2nncc(NC3CCCC3)n2)cc1Br. The number of aromatic nitrogens is 3. The number of benzene rings is 1. The molecule has 0 aliphatic heterocycles. The van der Waals surface area contributed by atoms with E-state index in [1.807, 2.05) is 18.2 Å². The van der Waals surface area contributed by atoms with Gasteiger partial charge < -0.3 is 10.6 Å².